The largest absolute Gasteiger partial charge is 0.356 e. The third-order valence-corrected chi connectivity index (χ3v) is 2.03. The second-order valence-corrected chi connectivity index (χ2v) is 2.76. The SMILES string of the molecule is CCN1CCCCNC1=NC. The van der Waals surface area contributed by atoms with Crippen LogP contribution in [0.5, 0.6) is 0 Å². The van der Waals surface area contributed by atoms with E-state index in [9.17, 15) is 0 Å². The number of nitrogens with one attached hydrogen (secondary N) is 1. The average molecular weight is 155 g/mol. The summed E-state index contributed by atoms with van der Waals surface area (Å²) in [5, 5.41) is 3.31. The summed E-state index contributed by atoms with van der Waals surface area (Å²) < 4.78 is 0. The number of rotatable bonds is 1. The number of hydrogen-bond acceptors (Lipinski definition) is 1. The van der Waals surface area contributed by atoms with Crippen LogP contribution in [0.25, 0.3) is 0 Å². The zero-order valence-corrected chi connectivity index (χ0v) is 7.43. The van der Waals surface area contributed by atoms with Crippen LogP contribution in [0.1, 0.15) is 19.8 Å². The Labute approximate surface area is 68.5 Å². The van der Waals surface area contributed by atoms with Crippen LogP contribution in [-0.4, -0.2) is 37.5 Å². The molecule has 1 heterocycles. The first-order valence-corrected chi connectivity index (χ1v) is 4.34. The molecule has 0 aliphatic carbocycles. The van der Waals surface area contributed by atoms with E-state index in [1.54, 1.807) is 0 Å². The Bertz CT molecular complexity index is 142. The van der Waals surface area contributed by atoms with Gasteiger partial charge in [0, 0.05) is 26.7 Å². The predicted octanol–water partition coefficient (Wildman–Crippen LogP) is 0.677. The van der Waals surface area contributed by atoms with E-state index < -0.39 is 0 Å². The Hall–Kier alpha value is -0.730. The quantitative estimate of drug-likeness (QED) is 0.603. The van der Waals surface area contributed by atoms with Gasteiger partial charge in [0.2, 0.25) is 0 Å². The Balaban J connectivity index is 2.55. The minimum atomic E-state index is 1.06. The van der Waals surface area contributed by atoms with Crippen molar-refractivity contribution in [3.8, 4) is 0 Å². The van der Waals surface area contributed by atoms with E-state index in [0.29, 0.717) is 0 Å². The lowest BCUT2D eigenvalue weighted by Crippen LogP contribution is -2.39. The first-order valence-electron chi connectivity index (χ1n) is 4.34. The van der Waals surface area contributed by atoms with Crippen LogP contribution >= 0.6 is 0 Å². The number of hydrogen-bond donors (Lipinski definition) is 1. The highest BCUT2D eigenvalue weighted by atomic mass is 15.3. The lowest BCUT2D eigenvalue weighted by Gasteiger charge is -2.21. The third-order valence-electron chi connectivity index (χ3n) is 2.03. The van der Waals surface area contributed by atoms with Crippen LogP contribution in [0.2, 0.25) is 0 Å². The summed E-state index contributed by atoms with van der Waals surface area (Å²) in [6.07, 6.45) is 2.54. The van der Waals surface area contributed by atoms with Crippen molar-refractivity contribution >= 4 is 5.96 Å². The molecule has 1 aliphatic heterocycles. The Morgan fingerprint density at radius 3 is 3.00 bits per heavy atom. The highest BCUT2D eigenvalue weighted by Gasteiger charge is 2.10. The molecule has 0 radical (unpaired) electrons. The van der Waals surface area contributed by atoms with E-state index in [1.165, 1.54) is 12.8 Å². The fraction of sp³-hybridized carbons (Fsp3) is 0.875. The predicted molar refractivity (Wildman–Crippen MR) is 47.8 cm³/mol. The van der Waals surface area contributed by atoms with Gasteiger partial charge in [0.05, 0.1) is 0 Å². The second kappa shape index (κ2) is 4.21. The summed E-state index contributed by atoms with van der Waals surface area (Å²) in [5.41, 5.74) is 0. The normalized spacial score (nSPS) is 23.1. The molecule has 0 aromatic rings. The zero-order valence-electron chi connectivity index (χ0n) is 7.43. The van der Waals surface area contributed by atoms with Crippen molar-refractivity contribution in [3.63, 3.8) is 0 Å². The molecule has 64 valence electrons. The molecule has 0 atom stereocenters. The van der Waals surface area contributed by atoms with E-state index in [-0.39, 0.29) is 0 Å². The van der Waals surface area contributed by atoms with E-state index in [2.05, 4.69) is 22.1 Å². The number of aliphatic imine (C=N–C) groups is 1. The number of nitrogens with zero attached hydrogens (tertiary/aromatic N) is 2. The maximum Gasteiger partial charge on any atom is 0.193 e. The lowest BCUT2D eigenvalue weighted by atomic mass is 10.3. The zero-order chi connectivity index (χ0) is 8.10. The van der Waals surface area contributed by atoms with Crippen molar-refractivity contribution in [1.82, 2.24) is 10.2 Å². The second-order valence-electron chi connectivity index (χ2n) is 2.76. The summed E-state index contributed by atoms with van der Waals surface area (Å²) in [5.74, 6) is 1.06. The minimum Gasteiger partial charge on any atom is -0.356 e. The van der Waals surface area contributed by atoms with E-state index in [1.807, 2.05) is 7.05 Å². The van der Waals surface area contributed by atoms with E-state index >= 15 is 0 Å². The highest BCUT2D eigenvalue weighted by molar-refractivity contribution is 5.79. The van der Waals surface area contributed by atoms with Gasteiger partial charge in [-0.05, 0) is 19.8 Å². The molecular formula is C8H17N3. The summed E-state index contributed by atoms with van der Waals surface area (Å²) in [4.78, 5) is 6.48. The summed E-state index contributed by atoms with van der Waals surface area (Å²) in [7, 11) is 1.84. The summed E-state index contributed by atoms with van der Waals surface area (Å²) >= 11 is 0. The molecule has 0 bridgehead atoms. The molecule has 1 rings (SSSR count). The fourth-order valence-corrected chi connectivity index (χ4v) is 1.37. The summed E-state index contributed by atoms with van der Waals surface area (Å²) in [6, 6.07) is 0. The van der Waals surface area contributed by atoms with E-state index in [4.69, 9.17) is 0 Å². The molecule has 0 amide bonds. The maximum absolute atomic E-state index is 4.19. The molecular weight excluding hydrogens is 138 g/mol. The highest BCUT2D eigenvalue weighted by Crippen LogP contribution is 1.99. The van der Waals surface area contributed by atoms with Crippen LogP contribution in [0.3, 0.4) is 0 Å². The van der Waals surface area contributed by atoms with Gasteiger partial charge >= 0.3 is 0 Å². The van der Waals surface area contributed by atoms with Crippen molar-refractivity contribution in [2.75, 3.05) is 26.7 Å². The first kappa shape index (κ1) is 8.37. The Morgan fingerprint density at radius 1 is 1.55 bits per heavy atom. The Kier molecular flexibility index (Phi) is 3.20. The first-order chi connectivity index (χ1) is 5.38. The Morgan fingerprint density at radius 2 is 2.36 bits per heavy atom. The van der Waals surface area contributed by atoms with Gasteiger partial charge in [-0.1, -0.05) is 0 Å². The standard InChI is InChI=1S/C8H17N3/c1-3-11-7-5-4-6-10-8(11)9-2/h3-7H2,1-2H3,(H,9,10). The van der Waals surface area contributed by atoms with Gasteiger partial charge < -0.3 is 10.2 Å². The molecule has 0 unspecified atom stereocenters. The van der Waals surface area contributed by atoms with Crippen molar-refractivity contribution in [1.29, 1.82) is 0 Å². The van der Waals surface area contributed by atoms with Gasteiger partial charge in [-0.25, -0.2) is 0 Å². The van der Waals surface area contributed by atoms with Crippen LogP contribution < -0.4 is 5.32 Å². The molecule has 0 spiro atoms. The van der Waals surface area contributed by atoms with Gasteiger partial charge in [0.15, 0.2) is 5.96 Å². The van der Waals surface area contributed by atoms with Gasteiger partial charge in [-0.15, -0.1) is 0 Å². The van der Waals surface area contributed by atoms with Gasteiger partial charge in [-0.3, -0.25) is 4.99 Å². The van der Waals surface area contributed by atoms with Crippen LogP contribution in [-0.2, 0) is 0 Å². The van der Waals surface area contributed by atoms with E-state index in [0.717, 1.165) is 25.6 Å². The molecule has 1 fully saturated rings. The lowest BCUT2D eigenvalue weighted by molar-refractivity contribution is 0.433. The maximum atomic E-state index is 4.19. The number of guanidine groups is 1. The van der Waals surface area contributed by atoms with Crippen molar-refractivity contribution in [2.45, 2.75) is 19.8 Å². The third kappa shape index (κ3) is 2.10. The molecule has 1 saturated heterocycles. The molecule has 1 aliphatic rings. The fourth-order valence-electron chi connectivity index (χ4n) is 1.37. The van der Waals surface area contributed by atoms with Gasteiger partial charge in [0.1, 0.15) is 0 Å². The molecule has 1 N–H and O–H groups in total. The summed E-state index contributed by atoms with van der Waals surface area (Å²) in [6.45, 7) is 5.44. The minimum absolute atomic E-state index is 1.06. The smallest absolute Gasteiger partial charge is 0.193 e. The van der Waals surface area contributed by atoms with Crippen LogP contribution in [0, 0.1) is 0 Å². The molecule has 3 nitrogen and oxygen atoms in total. The van der Waals surface area contributed by atoms with Crippen LogP contribution in [0.15, 0.2) is 4.99 Å². The molecule has 3 heteroatoms. The molecule has 0 saturated carbocycles. The monoisotopic (exact) mass is 155 g/mol. The molecule has 0 aromatic carbocycles. The molecule has 11 heavy (non-hydrogen) atoms. The topological polar surface area (TPSA) is 27.6 Å². The van der Waals surface area contributed by atoms with Crippen molar-refractivity contribution < 1.29 is 0 Å². The van der Waals surface area contributed by atoms with Crippen LogP contribution in [0.4, 0.5) is 0 Å². The molecule has 0 aromatic heterocycles. The van der Waals surface area contributed by atoms with Crippen molar-refractivity contribution in [3.05, 3.63) is 0 Å². The van der Waals surface area contributed by atoms with Crippen molar-refractivity contribution in [2.24, 2.45) is 4.99 Å². The van der Waals surface area contributed by atoms with Gasteiger partial charge in [-0.2, -0.15) is 0 Å². The average Bonchev–Trinajstić information content (AvgIpc) is 2.27. The van der Waals surface area contributed by atoms with Gasteiger partial charge in [0.25, 0.3) is 0 Å².